The maximum Gasteiger partial charge on any atom is 3.00 e. The Morgan fingerprint density at radius 2 is 1.10 bits per heavy atom. The van der Waals surface area contributed by atoms with Crippen LogP contribution in [0.2, 0.25) is 0 Å². The third-order valence-corrected chi connectivity index (χ3v) is 0.500. The van der Waals surface area contributed by atoms with Crippen molar-refractivity contribution in [3.05, 3.63) is 20.8 Å². The molecule has 0 saturated heterocycles. The third-order valence-electron chi connectivity index (χ3n) is 0.500. The molecule has 0 radical (unpaired) electrons. The Balaban J connectivity index is -0.0000000315. The minimum absolute atomic E-state index is 0. The second kappa shape index (κ2) is 49.7. The van der Waals surface area contributed by atoms with Gasteiger partial charge in [-0.05, 0) is 0 Å². The monoisotopic (exact) mass is 218 g/mol. The SMILES string of the molecule is CC.[CH2-]C.[CH2-]CCC[CH2-].[Y+3]. The van der Waals surface area contributed by atoms with Gasteiger partial charge in [-0.3, -0.25) is 0 Å². The zero-order chi connectivity index (χ0) is 8.12. The van der Waals surface area contributed by atoms with Gasteiger partial charge in [0.25, 0.3) is 0 Å². The smallest absolute Gasteiger partial charge is 0.346 e. The van der Waals surface area contributed by atoms with Crippen LogP contribution in [-0.4, -0.2) is 0 Å². The normalized spacial score (nSPS) is 5.40. The summed E-state index contributed by atoms with van der Waals surface area (Å²) < 4.78 is 0. The van der Waals surface area contributed by atoms with Crippen LogP contribution in [0.4, 0.5) is 0 Å². The van der Waals surface area contributed by atoms with E-state index in [0.29, 0.717) is 0 Å². The fraction of sp³-hybridized carbons (Fsp3) is 0.667. The van der Waals surface area contributed by atoms with Gasteiger partial charge in [-0.2, -0.15) is 19.8 Å². The molecular formula is C9H21Y. The Hall–Kier alpha value is 1.10. The van der Waals surface area contributed by atoms with E-state index in [9.17, 15) is 0 Å². The van der Waals surface area contributed by atoms with Crippen molar-refractivity contribution in [3.63, 3.8) is 0 Å². The Morgan fingerprint density at radius 3 is 1.10 bits per heavy atom. The summed E-state index contributed by atoms with van der Waals surface area (Å²) in [5.74, 6) is 0. The maximum atomic E-state index is 3.64. The van der Waals surface area contributed by atoms with Gasteiger partial charge < -0.3 is 20.8 Å². The second-order valence-electron chi connectivity index (χ2n) is 1.06. The molecule has 0 aliphatic carbocycles. The molecule has 60 valence electrons. The van der Waals surface area contributed by atoms with Gasteiger partial charge in [-0.25, -0.2) is 0 Å². The number of unbranched alkanes of at least 4 members (excludes halogenated alkanes) is 2. The molecule has 0 atom stereocenters. The fourth-order valence-electron chi connectivity index (χ4n) is 0.177. The van der Waals surface area contributed by atoms with Crippen molar-refractivity contribution in [2.45, 2.75) is 40.0 Å². The van der Waals surface area contributed by atoms with Crippen molar-refractivity contribution in [2.75, 3.05) is 0 Å². The molecule has 10 heavy (non-hydrogen) atoms. The Morgan fingerprint density at radius 1 is 0.900 bits per heavy atom. The van der Waals surface area contributed by atoms with Crippen LogP contribution in [-0.2, 0) is 32.7 Å². The van der Waals surface area contributed by atoms with Gasteiger partial charge >= 0.3 is 32.7 Å². The molecule has 0 saturated carbocycles. The first-order valence-electron chi connectivity index (χ1n) is 3.71. The standard InChI is InChI=1S/C5H10.C2H6.C2H5.Y/c1-3-5-4-2;2*1-2;/h1-5H2;1-2H3;1H2,2H3;/q-2;;-1;+3. The Bertz CT molecular complexity index is 12.2. The quantitative estimate of drug-likeness (QED) is 0.620. The summed E-state index contributed by atoms with van der Waals surface area (Å²) >= 11 is 0. The molecule has 0 aromatic rings. The molecule has 0 aliphatic heterocycles. The van der Waals surface area contributed by atoms with E-state index in [0.717, 1.165) is 12.8 Å². The van der Waals surface area contributed by atoms with E-state index in [1.54, 1.807) is 6.92 Å². The number of hydrogen-bond donors (Lipinski definition) is 0. The average molecular weight is 218 g/mol. The molecule has 0 fully saturated rings. The molecule has 0 aromatic carbocycles. The molecule has 0 aromatic heterocycles. The van der Waals surface area contributed by atoms with Gasteiger partial charge in [-0.1, -0.05) is 13.8 Å². The largest absolute Gasteiger partial charge is 3.00 e. The van der Waals surface area contributed by atoms with E-state index in [1.807, 2.05) is 13.8 Å². The van der Waals surface area contributed by atoms with Gasteiger partial charge in [0.2, 0.25) is 0 Å². The van der Waals surface area contributed by atoms with Crippen LogP contribution in [0.5, 0.6) is 0 Å². The summed E-state index contributed by atoms with van der Waals surface area (Å²) in [6.45, 7) is 16.3. The molecule has 1 heteroatoms. The minimum Gasteiger partial charge on any atom is -0.346 e. The molecule has 0 spiro atoms. The molecule has 0 aliphatic rings. The van der Waals surface area contributed by atoms with Crippen LogP contribution in [0, 0.1) is 20.8 Å². The first kappa shape index (κ1) is 22.5. The minimum atomic E-state index is 0. The van der Waals surface area contributed by atoms with Gasteiger partial charge in [0.15, 0.2) is 0 Å². The predicted octanol–water partition coefficient (Wildman–Crippen LogP) is 3.69. The van der Waals surface area contributed by atoms with Gasteiger partial charge in [0.1, 0.15) is 0 Å². The van der Waals surface area contributed by atoms with Crippen molar-refractivity contribution in [2.24, 2.45) is 0 Å². The van der Waals surface area contributed by atoms with E-state index in [1.165, 1.54) is 6.42 Å². The Labute approximate surface area is 93.1 Å². The molecule has 0 unspecified atom stereocenters. The zero-order valence-electron chi connectivity index (χ0n) is 7.82. The molecule has 0 bridgehead atoms. The summed E-state index contributed by atoms with van der Waals surface area (Å²) in [5.41, 5.74) is 0. The zero-order valence-corrected chi connectivity index (χ0v) is 10.7. The van der Waals surface area contributed by atoms with Crippen LogP contribution in [0.1, 0.15) is 40.0 Å². The van der Waals surface area contributed by atoms with Crippen LogP contribution < -0.4 is 0 Å². The first-order valence-corrected chi connectivity index (χ1v) is 3.71. The van der Waals surface area contributed by atoms with E-state index in [-0.39, 0.29) is 32.7 Å². The summed E-state index contributed by atoms with van der Waals surface area (Å²) in [7, 11) is 0. The van der Waals surface area contributed by atoms with E-state index < -0.39 is 0 Å². The van der Waals surface area contributed by atoms with Gasteiger partial charge in [0.05, 0.1) is 0 Å². The summed E-state index contributed by atoms with van der Waals surface area (Å²) in [5, 5.41) is 0. The average Bonchev–Trinajstić information content (AvgIpc) is 1.98. The van der Waals surface area contributed by atoms with E-state index in [4.69, 9.17) is 0 Å². The van der Waals surface area contributed by atoms with Crippen molar-refractivity contribution in [1.29, 1.82) is 0 Å². The van der Waals surface area contributed by atoms with Crippen molar-refractivity contribution in [3.8, 4) is 0 Å². The van der Waals surface area contributed by atoms with Crippen molar-refractivity contribution < 1.29 is 32.7 Å². The fourth-order valence-corrected chi connectivity index (χ4v) is 0.177. The first-order chi connectivity index (χ1) is 4.41. The number of rotatable bonds is 2. The molecule has 0 nitrogen and oxygen atoms in total. The van der Waals surface area contributed by atoms with Gasteiger partial charge in [0, 0.05) is 0 Å². The third kappa shape index (κ3) is 62.1. The Kier molecular flexibility index (Phi) is 112. The molecule has 0 amide bonds. The second-order valence-corrected chi connectivity index (χ2v) is 1.06. The van der Waals surface area contributed by atoms with Crippen molar-refractivity contribution in [1.82, 2.24) is 0 Å². The maximum absolute atomic E-state index is 3.64. The van der Waals surface area contributed by atoms with Crippen LogP contribution in [0.25, 0.3) is 0 Å². The topological polar surface area (TPSA) is 0 Å². The predicted molar refractivity (Wildman–Crippen MR) is 46.9 cm³/mol. The van der Waals surface area contributed by atoms with E-state index in [2.05, 4.69) is 20.8 Å². The summed E-state index contributed by atoms with van der Waals surface area (Å²) in [4.78, 5) is 0. The van der Waals surface area contributed by atoms with Crippen LogP contribution >= 0.6 is 0 Å². The summed E-state index contributed by atoms with van der Waals surface area (Å²) in [6, 6.07) is 0. The molecular weight excluding hydrogens is 197 g/mol. The van der Waals surface area contributed by atoms with Crippen molar-refractivity contribution >= 4 is 0 Å². The molecule has 0 rings (SSSR count). The number of hydrogen-bond acceptors (Lipinski definition) is 0. The molecule has 0 N–H and O–H groups in total. The summed E-state index contributed by atoms with van der Waals surface area (Å²) in [6.07, 6.45) is 3.23. The molecule has 0 heterocycles. The van der Waals surface area contributed by atoms with Crippen LogP contribution in [0.3, 0.4) is 0 Å². The van der Waals surface area contributed by atoms with E-state index >= 15 is 0 Å². The van der Waals surface area contributed by atoms with Crippen LogP contribution in [0.15, 0.2) is 0 Å². The van der Waals surface area contributed by atoms with Gasteiger partial charge in [-0.15, -0.1) is 6.42 Å².